The first-order valence-corrected chi connectivity index (χ1v) is 3.79. The third-order valence-electron chi connectivity index (χ3n) is 1.48. The minimum absolute atomic E-state index is 0.0201. The predicted octanol–water partition coefficient (Wildman–Crippen LogP) is -0.202. The summed E-state index contributed by atoms with van der Waals surface area (Å²) in [6.07, 6.45) is 0.439. The van der Waals surface area contributed by atoms with Crippen molar-refractivity contribution in [1.29, 1.82) is 0 Å². The van der Waals surface area contributed by atoms with Gasteiger partial charge in [0.1, 0.15) is 0 Å². The average molecular weight is 182 g/mol. The van der Waals surface area contributed by atoms with Crippen molar-refractivity contribution in [2.75, 3.05) is 13.7 Å². The molecule has 1 aromatic rings. The summed E-state index contributed by atoms with van der Waals surface area (Å²) in [5.41, 5.74) is 0.819. The minimum Gasteiger partial charge on any atom is -0.464 e. The molecule has 0 amide bonds. The van der Waals surface area contributed by atoms with Gasteiger partial charge in [-0.15, -0.1) is 5.10 Å². The van der Waals surface area contributed by atoms with E-state index in [1.54, 1.807) is 6.07 Å². The van der Waals surface area contributed by atoms with Gasteiger partial charge in [-0.25, -0.2) is 4.79 Å². The van der Waals surface area contributed by atoms with Crippen molar-refractivity contribution in [3.63, 3.8) is 0 Å². The molecule has 1 rings (SSSR count). The van der Waals surface area contributed by atoms with E-state index in [1.807, 2.05) is 0 Å². The van der Waals surface area contributed by atoms with E-state index >= 15 is 0 Å². The highest BCUT2D eigenvalue weighted by Gasteiger charge is 2.06. The summed E-state index contributed by atoms with van der Waals surface area (Å²) >= 11 is 0. The molecule has 0 atom stereocenters. The molecule has 1 aromatic heterocycles. The van der Waals surface area contributed by atoms with E-state index in [1.165, 1.54) is 13.2 Å². The topological polar surface area (TPSA) is 72.3 Å². The number of hydrogen-bond donors (Lipinski definition) is 1. The van der Waals surface area contributed by atoms with Crippen LogP contribution in [0.2, 0.25) is 0 Å². The Balaban J connectivity index is 2.75. The normalized spacial score (nSPS) is 9.69. The summed E-state index contributed by atoms with van der Waals surface area (Å²) in [7, 11) is 1.28. The molecule has 70 valence electrons. The maximum Gasteiger partial charge on any atom is 0.358 e. The zero-order valence-electron chi connectivity index (χ0n) is 7.23. The molecular formula is C8H10N2O3. The van der Waals surface area contributed by atoms with Crippen molar-refractivity contribution >= 4 is 5.97 Å². The lowest BCUT2D eigenvalue weighted by Crippen LogP contribution is -2.07. The summed E-state index contributed by atoms with van der Waals surface area (Å²) < 4.78 is 4.45. The van der Waals surface area contributed by atoms with E-state index in [9.17, 15) is 4.79 Å². The second-order valence-corrected chi connectivity index (χ2v) is 2.38. The highest BCUT2D eigenvalue weighted by Crippen LogP contribution is 1.98. The quantitative estimate of drug-likeness (QED) is 0.655. The van der Waals surface area contributed by atoms with Crippen LogP contribution in [0, 0.1) is 0 Å². The summed E-state index contributed by atoms with van der Waals surface area (Å²) in [6, 6.07) is 3.15. The van der Waals surface area contributed by atoms with Crippen molar-refractivity contribution < 1.29 is 14.6 Å². The van der Waals surface area contributed by atoms with Gasteiger partial charge < -0.3 is 9.84 Å². The molecule has 0 radical (unpaired) electrons. The van der Waals surface area contributed by atoms with E-state index in [-0.39, 0.29) is 12.3 Å². The Kier molecular flexibility index (Phi) is 3.33. The number of aliphatic hydroxyl groups excluding tert-OH is 1. The van der Waals surface area contributed by atoms with Crippen molar-refractivity contribution in [2.24, 2.45) is 0 Å². The molecule has 0 saturated heterocycles. The van der Waals surface area contributed by atoms with Gasteiger partial charge in [-0.2, -0.15) is 5.10 Å². The first-order chi connectivity index (χ1) is 6.27. The number of methoxy groups -OCH3 is 1. The Morgan fingerprint density at radius 3 is 2.77 bits per heavy atom. The van der Waals surface area contributed by atoms with Gasteiger partial charge in [0.05, 0.1) is 12.8 Å². The highest BCUT2D eigenvalue weighted by molar-refractivity contribution is 5.86. The molecular weight excluding hydrogens is 172 g/mol. The fourth-order valence-electron chi connectivity index (χ4n) is 0.821. The van der Waals surface area contributed by atoms with Crippen molar-refractivity contribution in [1.82, 2.24) is 10.2 Å². The van der Waals surface area contributed by atoms with Gasteiger partial charge in [0, 0.05) is 13.0 Å². The second kappa shape index (κ2) is 4.51. The number of esters is 1. The van der Waals surface area contributed by atoms with Crippen LogP contribution in [0.25, 0.3) is 0 Å². The maximum atomic E-state index is 10.9. The van der Waals surface area contributed by atoms with Gasteiger partial charge in [-0.05, 0) is 12.1 Å². The first kappa shape index (κ1) is 9.60. The third kappa shape index (κ3) is 2.48. The standard InChI is InChI=1S/C8H10N2O3/c1-13-8(12)7-3-2-6(4-5-11)9-10-7/h2-3,11H,4-5H2,1H3. The van der Waals surface area contributed by atoms with E-state index in [2.05, 4.69) is 14.9 Å². The summed E-state index contributed by atoms with van der Waals surface area (Å²) in [6.45, 7) is 0.0201. The van der Waals surface area contributed by atoms with Crippen LogP contribution in [-0.4, -0.2) is 35.0 Å². The SMILES string of the molecule is COC(=O)c1ccc(CCO)nn1. The maximum absolute atomic E-state index is 10.9. The molecule has 0 aliphatic carbocycles. The molecule has 0 aliphatic heterocycles. The van der Waals surface area contributed by atoms with E-state index < -0.39 is 5.97 Å². The number of hydrogen-bond acceptors (Lipinski definition) is 5. The molecule has 0 unspecified atom stereocenters. The van der Waals surface area contributed by atoms with E-state index in [4.69, 9.17) is 5.11 Å². The fourth-order valence-corrected chi connectivity index (χ4v) is 0.821. The van der Waals surface area contributed by atoms with E-state index in [0.717, 1.165) is 0 Å². The van der Waals surface area contributed by atoms with Gasteiger partial charge in [0.2, 0.25) is 0 Å². The Morgan fingerprint density at radius 2 is 2.31 bits per heavy atom. The van der Waals surface area contributed by atoms with Crippen LogP contribution < -0.4 is 0 Å². The lowest BCUT2D eigenvalue weighted by atomic mass is 10.3. The van der Waals surface area contributed by atoms with Crippen molar-refractivity contribution in [3.8, 4) is 0 Å². The molecule has 1 N–H and O–H groups in total. The van der Waals surface area contributed by atoms with Gasteiger partial charge >= 0.3 is 5.97 Å². The van der Waals surface area contributed by atoms with Crippen molar-refractivity contribution in [3.05, 3.63) is 23.5 Å². The van der Waals surface area contributed by atoms with Crippen LogP contribution >= 0.6 is 0 Å². The Labute approximate surface area is 75.4 Å². The van der Waals surface area contributed by atoms with Crippen LogP contribution in [0.15, 0.2) is 12.1 Å². The van der Waals surface area contributed by atoms with Crippen LogP contribution in [0.5, 0.6) is 0 Å². The number of carbonyl (C=O) groups is 1. The van der Waals surface area contributed by atoms with Crippen LogP contribution in [-0.2, 0) is 11.2 Å². The lowest BCUT2D eigenvalue weighted by Gasteiger charge is -1.98. The molecule has 13 heavy (non-hydrogen) atoms. The lowest BCUT2D eigenvalue weighted by molar-refractivity contribution is 0.0592. The van der Waals surface area contributed by atoms with Crippen molar-refractivity contribution in [2.45, 2.75) is 6.42 Å². The number of aliphatic hydroxyl groups is 1. The molecule has 0 bridgehead atoms. The zero-order chi connectivity index (χ0) is 9.68. The molecule has 0 spiro atoms. The number of aromatic nitrogens is 2. The third-order valence-corrected chi connectivity index (χ3v) is 1.48. The van der Waals surface area contributed by atoms with Gasteiger partial charge in [-0.1, -0.05) is 0 Å². The number of carbonyl (C=O) groups excluding carboxylic acids is 1. The molecule has 0 aliphatic rings. The molecule has 0 fully saturated rings. The van der Waals surface area contributed by atoms with Crippen LogP contribution in [0.4, 0.5) is 0 Å². The number of ether oxygens (including phenoxy) is 1. The second-order valence-electron chi connectivity index (χ2n) is 2.38. The average Bonchev–Trinajstić information content (AvgIpc) is 2.18. The van der Waals surface area contributed by atoms with Gasteiger partial charge in [-0.3, -0.25) is 0 Å². The summed E-state index contributed by atoms with van der Waals surface area (Å²) in [5, 5.41) is 15.9. The minimum atomic E-state index is -0.511. The Hall–Kier alpha value is -1.49. The number of rotatable bonds is 3. The van der Waals surface area contributed by atoms with Crippen LogP contribution in [0.1, 0.15) is 16.2 Å². The zero-order valence-corrected chi connectivity index (χ0v) is 7.23. The molecule has 1 heterocycles. The van der Waals surface area contributed by atoms with Crippen LogP contribution in [0.3, 0.4) is 0 Å². The Morgan fingerprint density at radius 1 is 1.54 bits per heavy atom. The Bertz CT molecular complexity index is 284. The van der Waals surface area contributed by atoms with Gasteiger partial charge in [0.25, 0.3) is 0 Å². The fraction of sp³-hybridized carbons (Fsp3) is 0.375. The van der Waals surface area contributed by atoms with Gasteiger partial charge in [0.15, 0.2) is 5.69 Å². The number of nitrogens with zero attached hydrogens (tertiary/aromatic N) is 2. The predicted molar refractivity (Wildman–Crippen MR) is 44.2 cm³/mol. The highest BCUT2D eigenvalue weighted by atomic mass is 16.5. The van der Waals surface area contributed by atoms with E-state index in [0.29, 0.717) is 12.1 Å². The summed E-state index contributed by atoms with van der Waals surface area (Å²) in [4.78, 5) is 10.9. The smallest absolute Gasteiger partial charge is 0.358 e. The largest absolute Gasteiger partial charge is 0.464 e. The summed E-state index contributed by atoms with van der Waals surface area (Å²) in [5.74, 6) is -0.511. The molecule has 0 saturated carbocycles. The monoisotopic (exact) mass is 182 g/mol. The molecule has 0 aromatic carbocycles. The first-order valence-electron chi connectivity index (χ1n) is 3.79. The molecule has 5 nitrogen and oxygen atoms in total. The molecule has 5 heteroatoms.